The van der Waals surface area contributed by atoms with E-state index in [2.05, 4.69) is 4.98 Å². The van der Waals surface area contributed by atoms with Crippen LogP contribution in [0.2, 0.25) is 0 Å². The molecule has 1 rings (SSSR count). The molecule has 0 saturated heterocycles. The second-order valence-corrected chi connectivity index (χ2v) is 3.16. The number of carboxylic acid groups (broad SMARTS) is 1. The summed E-state index contributed by atoms with van der Waals surface area (Å²) in [7, 11) is 0. The Hall–Kier alpha value is -1.42. The SMILES string of the molecule is CCC(O)(C(=O)O)c1cccnc1C. The predicted molar refractivity (Wildman–Crippen MR) is 50.8 cm³/mol. The van der Waals surface area contributed by atoms with E-state index in [0.717, 1.165) is 0 Å². The number of rotatable bonds is 3. The van der Waals surface area contributed by atoms with Crippen molar-refractivity contribution >= 4 is 5.97 Å². The number of aromatic nitrogens is 1. The molecule has 1 aromatic heterocycles. The normalized spacial score (nSPS) is 14.8. The Bertz CT molecular complexity index is 351. The van der Waals surface area contributed by atoms with Gasteiger partial charge in [0.2, 0.25) is 0 Å². The number of hydrogen-bond acceptors (Lipinski definition) is 3. The molecule has 0 aliphatic heterocycles. The van der Waals surface area contributed by atoms with Gasteiger partial charge in [0.05, 0.1) is 0 Å². The van der Waals surface area contributed by atoms with E-state index >= 15 is 0 Å². The van der Waals surface area contributed by atoms with Crippen LogP contribution < -0.4 is 0 Å². The first-order valence-electron chi connectivity index (χ1n) is 4.40. The summed E-state index contributed by atoms with van der Waals surface area (Å²) in [6.45, 7) is 3.31. The highest BCUT2D eigenvalue weighted by atomic mass is 16.4. The van der Waals surface area contributed by atoms with E-state index in [4.69, 9.17) is 5.11 Å². The summed E-state index contributed by atoms with van der Waals surface area (Å²) in [5, 5.41) is 18.8. The second kappa shape index (κ2) is 3.75. The first kappa shape index (κ1) is 10.7. The molecule has 0 aliphatic rings. The number of aliphatic hydroxyl groups is 1. The van der Waals surface area contributed by atoms with Crippen molar-refractivity contribution in [3.63, 3.8) is 0 Å². The van der Waals surface area contributed by atoms with Crippen molar-refractivity contribution in [3.8, 4) is 0 Å². The molecule has 0 fully saturated rings. The summed E-state index contributed by atoms with van der Waals surface area (Å²) in [4.78, 5) is 14.9. The van der Waals surface area contributed by atoms with Crippen LogP contribution >= 0.6 is 0 Å². The van der Waals surface area contributed by atoms with Crippen molar-refractivity contribution in [1.82, 2.24) is 4.98 Å². The monoisotopic (exact) mass is 195 g/mol. The fourth-order valence-electron chi connectivity index (χ4n) is 1.38. The number of carboxylic acids is 1. The van der Waals surface area contributed by atoms with Gasteiger partial charge in [-0.1, -0.05) is 13.0 Å². The molecule has 4 heteroatoms. The first-order chi connectivity index (χ1) is 6.52. The van der Waals surface area contributed by atoms with Crippen molar-refractivity contribution in [2.45, 2.75) is 25.9 Å². The lowest BCUT2D eigenvalue weighted by atomic mass is 9.90. The van der Waals surface area contributed by atoms with Crippen LogP contribution in [0.25, 0.3) is 0 Å². The molecule has 76 valence electrons. The molecule has 0 saturated carbocycles. The van der Waals surface area contributed by atoms with Crippen molar-refractivity contribution in [2.75, 3.05) is 0 Å². The smallest absolute Gasteiger partial charge is 0.340 e. The highest BCUT2D eigenvalue weighted by Gasteiger charge is 2.37. The zero-order valence-corrected chi connectivity index (χ0v) is 8.19. The zero-order chi connectivity index (χ0) is 10.8. The van der Waals surface area contributed by atoms with Gasteiger partial charge in [-0.25, -0.2) is 4.79 Å². The van der Waals surface area contributed by atoms with Gasteiger partial charge in [0.15, 0.2) is 5.60 Å². The summed E-state index contributed by atoms with van der Waals surface area (Å²) in [6, 6.07) is 3.20. The summed E-state index contributed by atoms with van der Waals surface area (Å²) >= 11 is 0. The van der Waals surface area contributed by atoms with Crippen LogP contribution in [0.4, 0.5) is 0 Å². The van der Waals surface area contributed by atoms with E-state index in [1.165, 1.54) is 0 Å². The lowest BCUT2D eigenvalue weighted by Gasteiger charge is -2.23. The third-order valence-corrected chi connectivity index (χ3v) is 2.32. The summed E-state index contributed by atoms with van der Waals surface area (Å²) in [6.07, 6.45) is 1.69. The molecule has 4 nitrogen and oxygen atoms in total. The Morgan fingerprint density at radius 3 is 2.71 bits per heavy atom. The largest absolute Gasteiger partial charge is 0.479 e. The number of pyridine rings is 1. The van der Waals surface area contributed by atoms with Crippen molar-refractivity contribution < 1.29 is 15.0 Å². The maximum absolute atomic E-state index is 10.9. The molecule has 0 radical (unpaired) electrons. The Morgan fingerprint density at radius 2 is 2.29 bits per heavy atom. The van der Waals surface area contributed by atoms with Gasteiger partial charge in [0.25, 0.3) is 0 Å². The Kier molecular flexibility index (Phi) is 2.86. The fraction of sp³-hybridized carbons (Fsp3) is 0.400. The molecule has 0 aromatic carbocycles. The van der Waals surface area contributed by atoms with Crippen LogP contribution in [-0.4, -0.2) is 21.2 Å². The van der Waals surface area contributed by atoms with Crippen LogP contribution in [-0.2, 0) is 10.4 Å². The van der Waals surface area contributed by atoms with Gasteiger partial charge in [-0.2, -0.15) is 0 Å². The minimum absolute atomic E-state index is 0.120. The van der Waals surface area contributed by atoms with Gasteiger partial charge in [-0.3, -0.25) is 4.98 Å². The molecular weight excluding hydrogens is 182 g/mol. The molecule has 1 aromatic rings. The van der Waals surface area contributed by atoms with Gasteiger partial charge in [-0.15, -0.1) is 0 Å². The van der Waals surface area contributed by atoms with Crippen LogP contribution in [0.15, 0.2) is 18.3 Å². The van der Waals surface area contributed by atoms with E-state index in [1.807, 2.05) is 0 Å². The molecular formula is C10H13NO3. The van der Waals surface area contributed by atoms with Crippen LogP contribution in [0.3, 0.4) is 0 Å². The summed E-state index contributed by atoms with van der Waals surface area (Å²) in [5.41, 5.74) is -0.924. The van der Waals surface area contributed by atoms with Gasteiger partial charge in [-0.05, 0) is 19.4 Å². The fourth-order valence-corrected chi connectivity index (χ4v) is 1.38. The van der Waals surface area contributed by atoms with Gasteiger partial charge in [0.1, 0.15) is 0 Å². The minimum atomic E-state index is -1.82. The highest BCUT2D eigenvalue weighted by Crippen LogP contribution is 2.26. The van der Waals surface area contributed by atoms with E-state index < -0.39 is 11.6 Å². The molecule has 0 spiro atoms. The standard InChI is InChI=1S/C10H13NO3/c1-3-10(14,9(12)13)8-5-4-6-11-7(8)2/h4-6,14H,3H2,1-2H3,(H,12,13). The number of aryl methyl sites for hydroxylation is 1. The van der Waals surface area contributed by atoms with Crippen LogP contribution in [0.5, 0.6) is 0 Å². The second-order valence-electron chi connectivity index (χ2n) is 3.16. The quantitative estimate of drug-likeness (QED) is 0.756. The molecule has 2 N–H and O–H groups in total. The Morgan fingerprint density at radius 1 is 1.64 bits per heavy atom. The summed E-state index contributed by atoms with van der Waals surface area (Å²) < 4.78 is 0. The van der Waals surface area contributed by atoms with Crippen LogP contribution in [0, 0.1) is 6.92 Å². The van der Waals surface area contributed by atoms with Crippen molar-refractivity contribution in [2.24, 2.45) is 0 Å². The maximum atomic E-state index is 10.9. The maximum Gasteiger partial charge on any atom is 0.340 e. The van der Waals surface area contributed by atoms with E-state index in [0.29, 0.717) is 11.3 Å². The van der Waals surface area contributed by atoms with Gasteiger partial charge >= 0.3 is 5.97 Å². The molecule has 0 bridgehead atoms. The van der Waals surface area contributed by atoms with Gasteiger partial charge < -0.3 is 10.2 Å². The molecule has 1 atom stereocenters. The highest BCUT2D eigenvalue weighted by molar-refractivity contribution is 5.79. The molecule has 0 aliphatic carbocycles. The average Bonchev–Trinajstić information content (AvgIpc) is 2.17. The van der Waals surface area contributed by atoms with Gasteiger partial charge in [0, 0.05) is 17.5 Å². The van der Waals surface area contributed by atoms with E-state index in [1.54, 1.807) is 32.2 Å². The molecule has 0 amide bonds. The molecule has 14 heavy (non-hydrogen) atoms. The Labute approximate surface area is 82.2 Å². The van der Waals surface area contributed by atoms with Crippen LogP contribution in [0.1, 0.15) is 24.6 Å². The molecule has 1 unspecified atom stereocenters. The zero-order valence-electron chi connectivity index (χ0n) is 8.19. The number of hydrogen-bond donors (Lipinski definition) is 2. The topological polar surface area (TPSA) is 70.4 Å². The third-order valence-electron chi connectivity index (χ3n) is 2.32. The van der Waals surface area contributed by atoms with E-state index in [-0.39, 0.29) is 6.42 Å². The molecule has 1 heterocycles. The minimum Gasteiger partial charge on any atom is -0.479 e. The average molecular weight is 195 g/mol. The lowest BCUT2D eigenvalue weighted by molar-refractivity contribution is -0.160. The number of carbonyl (C=O) groups is 1. The third kappa shape index (κ3) is 1.61. The van der Waals surface area contributed by atoms with Crippen molar-refractivity contribution in [3.05, 3.63) is 29.6 Å². The lowest BCUT2D eigenvalue weighted by Crippen LogP contribution is -2.35. The Balaban J connectivity index is 3.26. The number of nitrogens with zero attached hydrogens (tertiary/aromatic N) is 1. The summed E-state index contributed by atoms with van der Waals surface area (Å²) in [5.74, 6) is -1.24. The predicted octanol–water partition coefficient (Wildman–Crippen LogP) is 1.07. The number of aliphatic carboxylic acids is 1. The first-order valence-corrected chi connectivity index (χ1v) is 4.40. The van der Waals surface area contributed by atoms with E-state index in [9.17, 15) is 9.90 Å². The van der Waals surface area contributed by atoms with Crippen molar-refractivity contribution in [1.29, 1.82) is 0 Å².